The van der Waals surface area contributed by atoms with Crippen molar-refractivity contribution in [2.45, 2.75) is 45.8 Å². The number of carbonyl (C=O) groups is 2. The summed E-state index contributed by atoms with van der Waals surface area (Å²) in [5.74, 6) is -0.537. The molecule has 3 atom stereocenters. The van der Waals surface area contributed by atoms with Gasteiger partial charge in [0.2, 0.25) is 0 Å². The predicted octanol–water partition coefficient (Wildman–Crippen LogP) is 3.78. The monoisotopic (exact) mass is 341 g/mol. The van der Waals surface area contributed by atoms with Gasteiger partial charge in [0.05, 0.1) is 0 Å². The summed E-state index contributed by atoms with van der Waals surface area (Å²) in [6.45, 7) is 7.96. The zero-order chi connectivity index (χ0) is 18.2. The summed E-state index contributed by atoms with van der Waals surface area (Å²) >= 11 is 0. The lowest BCUT2D eigenvalue weighted by Gasteiger charge is -2.31. The molecule has 0 heterocycles. The Morgan fingerprint density at radius 2 is 2.08 bits per heavy atom. The molecule has 1 aromatic carbocycles. The lowest BCUT2D eigenvalue weighted by molar-refractivity contribution is -0.156. The maximum Gasteiger partial charge on any atom is 0.330 e. The van der Waals surface area contributed by atoms with Crippen LogP contribution in [0, 0.1) is 11.8 Å². The van der Waals surface area contributed by atoms with Gasteiger partial charge in [-0.25, -0.2) is 4.79 Å². The number of allylic oxidation sites excluding steroid dienone is 2. The second kappa shape index (κ2) is 9.21. The van der Waals surface area contributed by atoms with Crippen molar-refractivity contribution < 1.29 is 14.3 Å². The van der Waals surface area contributed by atoms with Crippen LogP contribution in [0.15, 0.2) is 54.6 Å². The van der Waals surface area contributed by atoms with Crippen LogP contribution in [0.2, 0.25) is 0 Å². The molecule has 0 saturated carbocycles. The molecule has 1 N–H and O–H groups in total. The van der Waals surface area contributed by atoms with Crippen LogP contribution < -0.4 is 5.32 Å². The van der Waals surface area contributed by atoms with E-state index in [0.29, 0.717) is 12.5 Å². The Morgan fingerprint density at radius 1 is 1.36 bits per heavy atom. The third kappa shape index (κ3) is 5.59. The first-order valence-electron chi connectivity index (χ1n) is 8.81. The standard InChI is InChI=1S/C21H27NO3/c1-4-19(23)25-20(16(3)18-12-10-15(2)11-13-18)21(24)22-14-17-8-6-5-7-9-17/h4-10,16,18,20H,1,11-14H2,2-3H3,(H,22,24). The molecule has 0 fully saturated rings. The van der Waals surface area contributed by atoms with E-state index >= 15 is 0 Å². The summed E-state index contributed by atoms with van der Waals surface area (Å²) in [5, 5.41) is 2.89. The Balaban J connectivity index is 2.04. The summed E-state index contributed by atoms with van der Waals surface area (Å²) in [7, 11) is 0. The Labute approximate surface area is 150 Å². The van der Waals surface area contributed by atoms with E-state index < -0.39 is 12.1 Å². The molecule has 3 unspecified atom stereocenters. The SMILES string of the molecule is C=CC(=O)OC(C(=O)NCc1ccccc1)C(C)C1CC=C(C)CC1. The van der Waals surface area contributed by atoms with Gasteiger partial charge >= 0.3 is 5.97 Å². The number of carbonyl (C=O) groups excluding carboxylic acids is 2. The first kappa shape index (κ1) is 19.0. The lowest BCUT2D eigenvalue weighted by Crippen LogP contribution is -2.43. The average Bonchev–Trinajstić information content (AvgIpc) is 2.64. The summed E-state index contributed by atoms with van der Waals surface area (Å²) in [6.07, 6.45) is 5.49. The molecule has 1 aliphatic carbocycles. The van der Waals surface area contributed by atoms with E-state index in [1.807, 2.05) is 37.3 Å². The molecule has 4 heteroatoms. The van der Waals surface area contributed by atoms with Crippen LogP contribution in [0.1, 0.15) is 38.7 Å². The third-order valence-corrected chi connectivity index (χ3v) is 4.88. The minimum atomic E-state index is -0.800. The van der Waals surface area contributed by atoms with E-state index in [9.17, 15) is 9.59 Å². The molecule has 0 radical (unpaired) electrons. The summed E-state index contributed by atoms with van der Waals surface area (Å²) in [5.41, 5.74) is 2.39. The Hall–Kier alpha value is -2.36. The molecule has 0 saturated heterocycles. The third-order valence-electron chi connectivity index (χ3n) is 4.88. The number of nitrogens with one attached hydrogen (secondary N) is 1. The quantitative estimate of drug-likeness (QED) is 0.466. The van der Waals surface area contributed by atoms with Gasteiger partial charge in [-0.3, -0.25) is 4.79 Å². The van der Waals surface area contributed by atoms with Gasteiger partial charge < -0.3 is 10.1 Å². The normalized spacial score (nSPS) is 19.3. The first-order valence-corrected chi connectivity index (χ1v) is 8.81. The van der Waals surface area contributed by atoms with Crippen molar-refractivity contribution in [3.8, 4) is 0 Å². The van der Waals surface area contributed by atoms with Crippen molar-refractivity contribution in [1.82, 2.24) is 5.32 Å². The second-order valence-corrected chi connectivity index (χ2v) is 6.71. The number of ether oxygens (including phenoxy) is 1. The molecule has 1 aliphatic rings. The van der Waals surface area contributed by atoms with Crippen LogP contribution >= 0.6 is 0 Å². The van der Waals surface area contributed by atoms with Gasteiger partial charge in [0.1, 0.15) is 0 Å². The van der Waals surface area contributed by atoms with E-state index in [4.69, 9.17) is 4.74 Å². The van der Waals surface area contributed by atoms with Crippen molar-refractivity contribution in [3.63, 3.8) is 0 Å². The smallest absolute Gasteiger partial charge is 0.330 e. The van der Waals surface area contributed by atoms with E-state index in [1.54, 1.807) is 0 Å². The highest BCUT2D eigenvalue weighted by molar-refractivity contribution is 5.87. The van der Waals surface area contributed by atoms with Crippen LogP contribution in [-0.4, -0.2) is 18.0 Å². The molecule has 0 bridgehead atoms. The number of amides is 1. The predicted molar refractivity (Wildman–Crippen MR) is 98.6 cm³/mol. The van der Waals surface area contributed by atoms with Gasteiger partial charge in [-0.05, 0) is 37.7 Å². The van der Waals surface area contributed by atoms with Crippen molar-refractivity contribution in [1.29, 1.82) is 0 Å². The fourth-order valence-corrected chi connectivity index (χ4v) is 3.17. The van der Waals surface area contributed by atoms with Crippen molar-refractivity contribution in [3.05, 3.63) is 60.2 Å². The van der Waals surface area contributed by atoms with Crippen molar-refractivity contribution >= 4 is 11.9 Å². The molecule has 1 amide bonds. The number of hydrogen-bond acceptors (Lipinski definition) is 3. The zero-order valence-corrected chi connectivity index (χ0v) is 15.0. The van der Waals surface area contributed by atoms with E-state index in [1.165, 1.54) is 5.57 Å². The summed E-state index contributed by atoms with van der Waals surface area (Å²) in [6, 6.07) is 9.68. The Bertz CT molecular complexity index is 636. The van der Waals surface area contributed by atoms with E-state index in [2.05, 4.69) is 24.9 Å². The molecule has 25 heavy (non-hydrogen) atoms. The van der Waals surface area contributed by atoms with Crippen LogP contribution in [0.3, 0.4) is 0 Å². The van der Waals surface area contributed by atoms with Gasteiger partial charge in [0.25, 0.3) is 5.91 Å². The number of benzene rings is 1. The molecule has 0 spiro atoms. The Kier molecular flexibility index (Phi) is 6.99. The minimum Gasteiger partial charge on any atom is -0.449 e. The van der Waals surface area contributed by atoms with Gasteiger partial charge in [0, 0.05) is 18.5 Å². The molecule has 1 aromatic rings. The number of hydrogen-bond donors (Lipinski definition) is 1. The van der Waals surface area contributed by atoms with Crippen LogP contribution in [0.5, 0.6) is 0 Å². The van der Waals surface area contributed by atoms with Crippen LogP contribution in [0.25, 0.3) is 0 Å². The van der Waals surface area contributed by atoms with E-state index in [0.717, 1.165) is 30.9 Å². The largest absolute Gasteiger partial charge is 0.449 e. The first-order chi connectivity index (χ1) is 12.0. The van der Waals surface area contributed by atoms with Gasteiger partial charge in [0.15, 0.2) is 6.10 Å². The lowest BCUT2D eigenvalue weighted by atomic mass is 9.79. The maximum atomic E-state index is 12.7. The van der Waals surface area contributed by atoms with Crippen molar-refractivity contribution in [2.75, 3.05) is 0 Å². The molecule has 0 aromatic heterocycles. The minimum absolute atomic E-state index is 0.0518. The Morgan fingerprint density at radius 3 is 2.68 bits per heavy atom. The highest BCUT2D eigenvalue weighted by Gasteiger charge is 2.34. The topological polar surface area (TPSA) is 55.4 Å². The molecular formula is C21H27NO3. The molecule has 2 rings (SSSR count). The van der Waals surface area contributed by atoms with Gasteiger partial charge in [-0.2, -0.15) is 0 Å². The van der Waals surface area contributed by atoms with E-state index in [-0.39, 0.29) is 11.8 Å². The summed E-state index contributed by atoms with van der Waals surface area (Å²) < 4.78 is 5.40. The molecule has 4 nitrogen and oxygen atoms in total. The number of rotatable bonds is 7. The number of esters is 1. The average molecular weight is 341 g/mol. The molecule has 134 valence electrons. The van der Waals surface area contributed by atoms with Crippen LogP contribution in [-0.2, 0) is 20.9 Å². The van der Waals surface area contributed by atoms with Gasteiger partial charge in [-0.1, -0.05) is 55.5 Å². The van der Waals surface area contributed by atoms with Gasteiger partial charge in [-0.15, -0.1) is 0 Å². The van der Waals surface area contributed by atoms with Crippen molar-refractivity contribution in [2.24, 2.45) is 11.8 Å². The zero-order valence-electron chi connectivity index (χ0n) is 15.0. The van der Waals surface area contributed by atoms with Crippen LogP contribution in [0.4, 0.5) is 0 Å². The fraction of sp³-hybridized carbons (Fsp3) is 0.429. The maximum absolute atomic E-state index is 12.7. The molecular weight excluding hydrogens is 314 g/mol. The summed E-state index contributed by atoms with van der Waals surface area (Å²) in [4.78, 5) is 24.4. The highest BCUT2D eigenvalue weighted by atomic mass is 16.5. The second-order valence-electron chi connectivity index (χ2n) is 6.71. The molecule has 0 aliphatic heterocycles. The fourth-order valence-electron chi connectivity index (χ4n) is 3.17. The highest BCUT2D eigenvalue weighted by Crippen LogP contribution is 2.32.